The largest absolute Gasteiger partial charge is 0.486 e. The SMILES string of the molecule is O=C(Nc1cccc(NC(=O)C2CC2)c1)c1ccc(COc2ccc(F)cc2)o1. The fourth-order valence-electron chi connectivity index (χ4n) is 2.72. The van der Waals surface area contributed by atoms with Crippen LogP contribution < -0.4 is 15.4 Å². The van der Waals surface area contributed by atoms with E-state index in [-0.39, 0.29) is 30.0 Å². The van der Waals surface area contributed by atoms with Crippen LogP contribution in [0.2, 0.25) is 0 Å². The van der Waals surface area contributed by atoms with E-state index in [1.165, 1.54) is 24.3 Å². The lowest BCUT2D eigenvalue weighted by molar-refractivity contribution is -0.117. The first-order valence-corrected chi connectivity index (χ1v) is 9.26. The monoisotopic (exact) mass is 394 g/mol. The number of amides is 2. The minimum atomic E-state index is -0.413. The Labute approximate surface area is 166 Å². The van der Waals surface area contributed by atoms with Crippen molar-refractivity contribution in [2.75, 3.05) is 10.6 Å². The first-order valence-electron chi connectivity index (χ1n) is 9.26. The highest BCUT2D eigenvalue weighted by Gasteiger charge is 2.29. The Balaban J connectivity index is 1.34. The molecule has 0 atom stereocenters. The third-order valence-corrected chi connectivity index (χ3v) is 4.42. The van der Waals surface area contributed by atoms with Crippen molar-refractivity contribution >= 4 is 23.2 Å². The zero-order chi connectivity index (χ0) is 20.2. The smallest absolute Gasteiger partial charge is 0.291 e. The fraction of sp³-hybridized carbons (Fsp3) is 0.182. The molecular formula is C22H19FN2O4. The number of hydrogen-bond acceptors (Lipinski definition) is 4. The molecule has 0 unspecified atom stereocenters. The fourth-order valence-corrected chi connectivity index (χ4v) is 2.72. The molecule has 0 bridgehead atoms. The van der Waals surface area contributed by atoms with Gasteiger partial charge in [-0.1, -0.05) is 6.07 Å². The van der Waals surface area contributed by atoms with E-state index in [4.69, 9.17) is 9.15 Å². The molecule has 1 heterocycles. The van der Waals surface area contributed by atoms with E-state index in [1.807, 2.05) is 0 Å². The zero-order valence-corrected chi connectivity index (χ0v) is 15.5. The molecule has 0 aliphatic heterocycles. The highest BCUT2D eigenvalue weighted by atomic mass is 19.1. The minimum Gasteiger partial charge on any atom is -0.486 e. The lowest BCUT2D eigenvalue weighted by Crippen LogP contribution is -2.14. The molecule has 0 radical (unpaired) electrons. The van der Waals surface area contributed by atoms with Gasteiger partial charge in [0.25, 0.3) is 5.91 Å². The number of hydrogen-bond donors (Lipinski definition) is 2. The quantitative estimate of drug-likeness (QED) is 0.614. The van der Waals surface area contributed by atoms with E-state index < -0.39 is 5.91 Å². The maximum atomic E-state index is 12.9. The molecule has 0 spiro atoms. The average molecular weight is 394 g/mol. The molecule has 1 aliphatic carbocycles. The molecule has 1 aromatic heterocycles. The second kappa shape index (κ2) is 8.18. The number of ether oxygens (including phenoxy) is 1. The van der Waals surface area contributed by atoms with Crippen LogP contribution in [0.25, 0.3) is 0 Å². The van der Waals surface area contributed by atoms with Gasteiger partial charge in [-0.25, -0.2) is 4.39 Å². The number of nitrogens with one attached hydrogen (secondary N) is 2. The van der Waals surface area contributed by atoms with Crippen molar-refractivity contribution in [2.24, 2.45) is 5.92 Å². The second-order valence-corrected chi connectivity index (χ2v) is 6.81. The normalized spacial score (nSPS) is 13.0. The summed E-state index contributed by atoms with van der Waals surface area (Å²) in [5.41, 5.74) is 1.18. The molecule has 1 aliphatic rings. The number of furan rings is 1. The topological polar surface area (TPSA) is 80.6 Å². The Kier molecular flexibility index (Phi) is 5.29. The molecule has 0 saturated heterocycles. The summed E-state index contributed by atoms with van der Waals surface area (Å²) in [7, 11) is 0. The Hall–Kier alpha value is -3.61. The Morgan fingerprint density at radius 2 is 1.72 bits per heavy atom. The van der Waals surface area contributed by atoms with Crippen molar-refractivity contribution < 1.29 is 23.1 Å². The maximum absolute atomic E-state index is 12.9. The standard InChI is InChI=1S/C22H19FN2O4/c23-15-6-8-18(9-7-15)28-13-19-10-11-20(29-19)22(27)25-17-3-1-2-16(12-17)24-21(26)14-4-5-14/h1-3,6-12,14H,4-5,13H2,(H,24,26)(H,25,27). The zero-order valence-electron chi connectivity index (χ0n) is 15.5. The lowest BCUT2D eigenvalue weighted by Gasteiger charge is -2.08. The van der Waals surface area contributed by atoms with E-state index in [1.54, 1.807) is 36.4 Å². The van der Waals surface area contributed by atoms with Gasteiger partial charge < -0.3 is 19.8 Å². The Morgan fingerprint density at radius 1 is 1.00 bits per heavy atom. The van der Waals surface area contributed by atoms with E-state index in [9.17, 15) is 14.0 Å². The Morgan fingerprint density at radius 3 is 2.45 bits per heavy atom. The molecule has 1 fully saturated rings. The number of benzene rings is 2. The average Bonchev–Trinajstić information content (AvgIpc) is 3.46. The van der Waals surface area contributed by atoms with E-state index in [0.717, 1.165) is 12.8 Å². The first-order chi connectivity index (χ1) is 14.1. The molecule has 148 valence electrons. The van der Waals surface area contributed by atoms with Crippen molar-refractivity contribution in [2.45, 2.75) is 19.4 Å². The summed E-state index contributed by atoms with van der Waals surface area (Å²) in [6.07, 6.45) is 1.85. The number of anilines is 2. The van der Waals surface area contributed by atoms with Crippen LogP contribution in [0.3, 0.4) is 0 Å². The van der Waals surface area contributed by atoms with Gasteiger partial charge in [-0.3, -0.25) is 9.59 Å². The maximum Gasteiger partial charge on any atom is 0.291 e. The molecule has 6 nitrogen and oxygen atoms in total. The summed E-state index contributed by atoms with van der Waals surface area (Å²) in [6, 6.07) is 15.8. The van der Waals surface area contributed by atoms with Crippen molar-refractivity contribution in [3.05, 3.63) is 78.0 Å². The van der Waals surface area contributed by atoms with Crippen LogP contribution >= 0.6 is 0 Å². The first kappa shape index (κ1) is 18.7. The van der Waals surface area contributed by atoms with Crippen LogP contribution in [-0.2, 0) is 11.4 Å². The third-order valence-electron chi connectivity index (χ3n) is 4.42. The van der Waals surface area contributed by atoms with Crippen molar-refractivity contribution in [1.82, 2.24) is 0 Å². The van der Waals surface area contributed by atoms with Gasteiger partial charge in [-0.05, 0) is 67.4 Å². The molecule has 4 rings (SSSR count). The number of rotatable bonds is 7. The van der Waals surface area contributed by atoms with Crippen LogP contribution in [0.4, 0.5) is 15.8 Å². The van der Waals surface area contributed by atoms with Gasteiger partial charge in [0.15, 0.2) is 5.76 Å². The van der Waals surface area contributed by atoms with E-state index in [0.29, 0.717) is 22.9 Å². The van der Waals surface area contributed by atoms with E-state index in [2.05, 4.69) is 10.6 Å². The molecule has 3 aromatic rings. The van der Waals surface area contributed by atoms with Gasteiger partial charge in [0.05, 0.1) is 0 Å². The van der Waals surface area contributed by atoms with Crippen LogP contribution in [0, 0.1) is 11.7 Å². The van der Waals surface area contributed by atoms with Gasteiger partial charge in [0, 0.05) is 17.3 Å². The summed E-state index contributed by atoms with van der Waals surface area (Å²) in [5.74, 6) is 0.449. The molecule has 2 aromatic carbocycles. The highest BCUT2D eigenvalue weighted by Crippen LogP contribution is 2.30. The van der Waals surface area contributed by atoms with E-state index >= 15 is 0 Å². The third kappa shape index (κ3) is 5.01. The number of carbonyl (C=O) groups excluding carboxylic acids is 2. The lowest BCUT2D eigenvalue weighted by atomic mass is 10.2. The summed E-state index contributed by atoms with van der Waals surface area (Å²) in [4.78, 5) is 24.3. The highest BCUT2D eigenvalue weighted by molar-refractivity contribution is 6.03. The predicted molar refractivity (Wildman–Crippen MR) is 105 cm³/mol. The molecular weight excluding hydrogens is 375 g/mol. The molecule has 1 saturated carbocycles. The Bertz CT molecular complexity index is 1030. The predicted octanol–water partition coefficient (Wildman–Crippen LogP) is 4.60. The van der Waals surface area contributed by atoms with Gasteiger partial charge >= 0.3 is 0 Å². The van der Waals surface area contributed by atoms with Crippen LogP contribution in [-0.4, -0.2) is 11.8 Å². The number of halogens is 1. The summed E-state index contributed by atoms with van der Waals surface area (Å²) in [6.45, 7) is 0.113. The molecule has 7 heteroatoms. The van der Waals surface area contributed by atoms with Crippen molar-refractivity contribution in [1.29, 1.82) is 0 Å². The summed E-state index contributed by atoms with van der Waals surface area (Å²) >= 11 is 0. The van der Waals surface area contributed by atoms with Crippen LogP contribution in [0.1, 0.15) is 29.2 Å². The van der Waals surface area contributed by atoms with Gasteiger partial charge in [0.2, 0.25) is 5.91 Å². The van der Waals surface area contributed by atoms with Crippen molar-refractivity contribution in [3.63, 3.8) is 0 Å². The molecule has 29 heavy (non-hydrogen) atoms. The minimum absolute atomic E-state index is 0.00491. The second-order valence-electron chi connectivity index (χ2n) is 6.81. The van der Waals surface area contributed by atoms with Crippen LogP contribution in [0.15, 0.2) is 65.1 Å². The van der Waals surface area contributed by atoms with Gasteiger partial charge in [-0.15, -0.1) is 0 Å². The molecule has 2 amide bonds. The van der Waals surface area contributed by atoms with Gasteiger partial charge in [-0.2, -0.15) is 0 Å². The molecule has 2 N–H and O–H groups in total. The summed E-state index contributed by atoms with van der Waals surface area (Å²) < 4.78 is 23.9. The van der Waals surface area contributed by atoms with Gasteiger partial charge in [0.1, 0.15) is 23.9 Å². The van der Waals surface area contributed by atoms with Crippen molar-refractivity contribution in [3.8, 4) is 5.75 Å². The summed E-state index contributed by atoms with van der Waals surface area (Å²) in [5, 5.41) is 5.59. The number of carbonyl (C=O) groups is 2. The van der Waals surface area contributed by atoms with Crippen LogP contribution in [0.5, 0.6) is 5.75 Å².